The van der Waals surface area contributed by atoms with Gasteiger partial charge in [-0.25, -0.2) is 4.98 Å². The van der Waals surface area contributed by atoms with Crippen molar-refractivity contribution in [3.8, 4) is 0 Å². The van der Waals surface area contributed by atoms with Crippen LogP contribution in [0.15, 0.2) is 18.3 Å². The van der Waals surface area contributed by atoms with Gasteiger partial charge in [-0.2, -0.15) is 0 Å². The second-order valence-corrected chi connectivity index (χ2v) is 4.06. The molecular weight excluding hydrogens is 263 g/mol. The molecule has 1 heterocycles. The molecule has 0 amide bonds. The van der Waals surface area contributed by atoms with Crippen molar-refractivity contribution in [1.82, 2.24) is 4.98 Å². The van der Waals surface area contributed by atoms with E-state index in [-0.39, 0.29) is 0 Å². The van der Waals surface area contributed by atoms with E-state index in [0.29, 0.717) is 6.04 Å². The number of pyridine rings is 1. The Hall–Kier alpha value is -0.320. The zero-order valence-electron chi connectivity index (χ0n) is 7.34. The monoisotopic (exact) mass is 276 g/mol. The number of anilines is 1. The van der Waals surface area contributed by atoms with E-state index in [4.69, 9.17) is 0 Å². The molecule has 0 aliphatic rings. The highest BCUT2D eigenvalue weighted by Crippen LogP contribution is 2.08. The molecule has 12 heavy (non-hydrogen) atoms. The molecule has 0 saturated heterocycles. The van der Waals surface area contributed by atoms with Gasteiger partial charge in [0.2, 0.25) is 0 Å². The molecule has 1 unspecified atom stereocenters. The van der Waals surface area contributed by atoms with Gasteiger partial charge >= 0.3 is 0 Å². The van der Waals surface area contributed by atoms with Crippen molar-refractivity contribution in [3.05, 3.63) is 21.9 Å². The highest BCUT2D eigenvalue weighted by atomic mass is 127. The van der Waals surface area contributed by atoms with Crippen LogP contribution in [0.25, 0.3) is 0 Å². The molecule has 1 atom stereocenters. The minimum absolute atomic E-state index is 0.498. The fraction of sp³-hybridized carbons (Fsp3) is 0.444. The molecule has 1 aromatic rings. The van der Waals surface area contributed by atoms with Crippen molar-refractivity contribution in [2.45, 2.75) is 26.3 Å². The van der Waals surface area contributed by atoms with Gasteiger partial charge in [0.05, 0.1) is 0 Å². The van der Waals surface area contributed by atoms with Gasteiger partial charge in [-0.15, -0.1) is 0 Å². The van der Waals surface area contributed by atoms with Crippen molar-refractivity contribution in [1.29, 1.82) is 0 Å². The Morgan fingerprint density at radius 2 is 2.33 bits per heavy atom. The summed E-state index contributed by atoms with van der Waals surface area (Å²) in [6.45, 7) is 4.31. The van der Waals surface area contributed by atoms with Gasteiger partial charge < -0.3 is 5.32 Å². The highest BCUT2D eigenvalue weighted by molar-refractivity contribution is 14.1. The van der Waals surface area contributed by atoms with Crippen molar-refractivity contribution >= 4 is 28.4 Å². The van der Waals surface area contributed by atoms with E-state index in [1.54, 1.807) is 0 Å². The first kappa shape index (κ1) is 9.77. The van der Waals surface area contributed by atoms with Crippen LogP contribution in [0.1, 0.15) is 20.3 Å². The van der Waals surface area contributed by atoms with E-state index in [9.17, 15) is 0 Å². The van der Waals surface area contributed by atoms with Crippen LogP contribution in [0.4, 0.5) is 5.82 Å². The lowest BCUT2D eigenvalue weighted by Gasteiger charge is -2.11. The average Bonchev–Trinajstić information content (AvgIpc) is 2.09. The third-order valence-electron chi connectivity index (χ3n) is 1.73. The predicted molar refractivity (Wildman–Crippen MR) is 60.3 cm³/mol. The largest absolute Gasteiger partial charge is 0.368 e. The first-order chi connectivity index (χ1) is 5.72. The summed E-state index contributed by atoms with van der Waals surface area (Å²) in [4.78, 5) is 4.25. The maximum absolute atomic E-state index is 4.25. The van der Waals surface area contributed by atoms with Gasteiger partial charge in [0.15, 0.2) is 0 Å². The lowest BCUT2D eigenvalue weighted by molar-refractivity contribution is 0.759. The number of hydrogen-bond donors (Lipinski definition) is 1. The first-order valence-corrected chi connectivity index (χ1v) is 5.18. The summed E-state index contributed by atoms with van der Waals surface area (Å²) >= 11 is 2.25. The summed E-state index contributed by atoms with van der Waals surface area (Å²) in [5.74, 6) is 0.963. The lowest BCUT2D eigenvalue weighted by atomic mass is 10.2. The Kier molecular flexibility index (Phi) is 3.78. The van der Waals surface area contributed by atoms with Crippen molar-refractivity contribution in [2.24, 2.45) is 0 Å². The van der Waals surface area contributed by atoms with E-state index >= 15 is 0 Å². The Morgan fingerprint density at radius 1 is 1.58 bits per heavy atom. The maximum atomic E-state index is 4.25. The quantitative estimate of drug-likeness (QED) is 0.859. The SMILES string of the molecule is CCC(C)Nc1ccc(I)cn1. The summed E-state index contributed by atoms with van der Waals surface area (Å²) in [5, 5.41) is 3.30. The normalized spacial score (nSPS) is 12.6. The molecule has 0 aliphatic carbocycles. The molecule has 0 fully saturated rings. The molecule has 0 spiro atoms. The molecule has 2 nitrogen and oxygen atoms in total. The number of rotatable bonds is 3. The summed E-state index contributed by atoms with van der Waals surface area (Å²) < 4.78 is 1.17. The number of nitrogens with zero attached hydrogens (tertiary/aromatic N) is 1. The number of halogens is 1. The van der Waals surface area contributed by atoms with Crippen LogP contribution in [0.3, 0.4) is 0 Å². The van der Waals surface area contributed by atoms with Crippen LogP contribution in [-0.4, -0.2) is 11.0 Å². The summed E-state index contributed by atoms with van der Waals surface area (Å²) in [6, 6.07) is 4.56. The maximum Gasteiger partial charge on any atom is 0.126 e. The Morgan fingerprint density at radius 3 is 2.83 bits per heavy atom. The van der Waals surface area contributed by atoms with Crippen LogP contribution < -0.4 is 5.32 Å². The van der Waals surface area contributed by atoms with E-state index < -0.39 is 0 Å². The van der Waals surface area contributed by atoms with Gasteiger partial charge in [-0.05, 0) is 48.1 Å². The molecule has 1 aromatic heterocycles. The van der Waals surface area contributed by atoms with Gasteiger partial charge in [0, 0.05) is 15.8 Å². The fourth-order valence-corrected chi connectivity index (χ4v) is 1.13. The first-order valence-electron chi connectivity index (χ1n) is 4.10. The zero-order chi connectivity index (χ0) is 8.97. The topological polar surface area (TPSA) is 24.9 Å². The Balaban J connectivity index is 2.58. The van der Waals surface area contributed by atoms with Crippen LogP contribution in [0.5, 0.6) is 0 Å². The smallest absolute Gasteiger partial charge is 0.126 e. The number of hydrogen-bond acceptors (Lipinski definition) is 2. The predicted octanol–water partition coefficient (Wildman–Crippen LogP) is 2.90. The van der Waals surface area contributed by atoms with E-state index in [1.807, 2.05) is 12.3 Å². The molecule has 0 bridgehead atoms. The second-order valence-electron chi connectivity index (χ2n) is 2.82. The fourth-order valence-electron chi connectivity index (χ4n) is 0.816. The molecule has 0 aliphatic heterocycles. The van der Waals surface area contributed by atoms with Crippen LogP contribution >= 0.6 is 22.6 Å². The molecule has 0 radical (unpaired) electrons. The van der Waals surface area contributed by atoms with Crippen molar-refractivity contribution < 1.29 is 0 Å². The van der Waals surface area contributed by atoms with E-state index in [2.05, 4.69) is 52.8 Å². The average molecular weight is 276 g/mol. The van der Waals surface area contributed by atoms with Crippen molar-refractivity contribution in [2.75, 3.05) is 5.32 Å². The van der Waals surface area contributed by atoms with Crippen LogP contribution in [0.2, 0.25) is 0 Å². The molecule has 1 rings (SSSR count). The molecule has 0 saturated carbocycles. The second kappa shape index (κ2) is 4.64. The molecule has 0 aromatic carbocycles. The minimum Gasteiger partial charge on any atom is -0.368 e. The summed E-state index contributed by atoms with van der Waals surface area (Å²) in [7, 11) is 0. The summed E-state index contributed by atoms with van der Waals surface area (Å²) in [6.07, 6.45) is 2.99. The van der Waals surface area contributed by atoms with E-state index in [1.165, 1.54) is 3.57 Å². The Bertz CT molecular complexity index is 233. The van der Waals surface area contributed by atoms with Gasteiger partial charge in [-0.3, -0.25) is 0 Å². The Labute approximate surface area is 86.9 Å². The summed E-state index contributed by atoms with van der Waals surface area (Å²) in [5.41, 5.74) is 0. The third kappa shape index (κ3) is 2.97. The van der Waals surface area contributed by atoms with Crippen LogP contribution in [0, 0.1) is 3.57 Å². The van der Waals surface area contributed by atoms with Gasteiger partial charge in [0.25, 0.3) is 0 Å². The van der Waals surface area contributed by atoms with Gasteiger partial charge in [-0.1, -0.05) is 6.92 Å². The molecular formula is C9H13IN2. The number of nitrogens with one attached hydrogen (secondary N) is 1. The standard InChI is InChI=1S/C9H13IN2/c1-3-7(2)12-9-5-4-8(10)6-11-9/h4-7H,3H2,1-2H3,(H,11,12). The minimum atomic E-state index is 0.498. The third-order valence-corrected chi connectivity index (χ3v) is 2.37. The molecule has 66 valence electrons. The van der Waals surface area contributed by atoms with Crippen molar-refractivity contribution in [3.63, 3.8) is 0 Å². The van der Waals surface area contributed by atoms with E-state index in [0.717, 1.165) is 12.2 Å². The molecule has 1 N–H and O–H groups in total. The van der Waals surface area contributed by atoms with Crippen LogP contribution in [-0.2, 0) is 0 Å². The lowest BCUT2D eigenvalue weighted by Crippen LogP contribution is -2.14. The van der Waals surface area contributed by atoms with Gasteiger partial charge in [0.1, 0.15) is 5.82 Å². The zero-order valence-corrected chi connectivity index (χ0v) is 9.50. The highest BCUT2D eigenvalue weighted by Gasteiger charge is 1.98. The molecule has 3 heteroatoms. The number of aromatic nitrogens is 1.